The Labute approximate surface area is 197 Å². The van der Waals surface area contributed by atoms with Crippen molar-refractivity contribution >= 4 is 16.9 Å². The molecule has 0 saturated heterocycles. The smallest absolute Gasteiger partial charge is 0.327 e. The van der Waals surface area contributed by atoms with Gasteiger partial charge in [-0.3, -0.25) is 14.5 Å². The Balaban J connectivity index is 1.93. The maximum Gasteiger partial charge on any atom is 0.327 e. The van der Waals surface area contributed by atoms with Gasteiger partial charge in [0, 0.05) is 36.2 Å². The van der Waals surface area contributed by atoms with Crippen LogP contribution in [0, 0.1) is 0 Å². The van der Waals surface area contributed by atoms with E-state index in [4.69, 9.17) is 9.47 Å². The molecule has 0 spiro atoms. The lowest BCUT2D eigenvalue weighted by atomic mass is 10.1. The number of hydrogen-bond acceptors (Lipinski definition) is 9. The van der Waals surface area contributed by atoms with E-state index in [0.29, 0.717) is 43.9 Å². The largest absolute Gasteiger partial charge is 0.494 e. The fourth-order valence-corrected chi connectivity index (χ4v) is 3.94. The second kappa shape index (κ2) is 12.2. The zero-order chi connectivity index (χ0) is 24.5. The van der Waals surface area contributed by atoms with Crippen LogP contribution < -0.4 is 10.3 Å². The molecule has 0 amide bonds. The van der Waals surface area contributed by atoms with Gasteiger partial charge in [-0.2, -0.15) is 0 Å². The van der Waals surface area contributed by atoms with Gasteiger partial charge in [0.15, 0.2) is 5.82 Å². The number of aromatic nitrogens is 5. The first kappa shape index (κ1) is 25.3. The summed E-state index contributed by atoms with van der Waals surface area (Å²) in [5.41, 5.74) is 1.11. The topological polar surface area (TPSA) is 135 Å². The average Bonchev–Trinajstić information content (AvgIpc) is 3.26. The Bertz CT molecular complexity index is 1140. The molecule has 1 aromatic carbocycles. The highest BCUT2D eigenvalue weighted by Gasteiger charge is 2.26. The lowest BCUT2D eigenvalue weighted by Crippen LogP contribution is -2.34. The second-order valence-electron chi connectivity index (χ2n) is 7.78. The number of fused-ring (bicyclic) bond motifs is 1. The van der Waals surface area contributed by atoms with Crippen LogP contribution in [0.25, 0.3) is 10.9 Å². The highest BCUT2D eigenvalue weighted by atomic mass is 16.5. The quantitative estimate of drug-likeness (QED) is 0.357. The van der Waals surface area contributed by atoms with E-state index in [2.05, 4.69) is 20.5 Å². The van der Waals surface area contributed by atoms with Crippen molar-refractivity contribution in [1.29, 1.82) is 0 Å². The van der Waals surface area contributed by atoms with Crippen LogP contribution in [0.1, 0.15) is 51.0 Å². The van der Waals surface area contributed by atoms with E-state index in [1.165, 1.54) is 4.68 Å². The van der Waals surface area contributed by atoms with E-state index in [1.54, 1.807) is 6.92 Å². The molecular weight excluding hydrogens is 440 g/mol. The van der Waals surface area contributed by atoms with E-state index in [-0.39, 0.29) is 31.4 Å². The molecule has 0 fully saturated rings. The van der Waals surface area contributed by atoms with Gasteiger partial charge in [0.1, 0.15) is 12.3 Å². The third-order valence-electron chi connectivity index (χ3n) is 5.45. The van der Waals surface area contributed by atoms with Crippen molar-refractivity contribution in [3.63, 3.8) is 0 Å². The fourth-order valence-electron chi connectivity index (χ4n) is 3.94. The van der Waals surface area contributed by atoms with Crippen LogP contribution >= 0.6 is 0 Å². The van der Waals surface area contributed by atoms with Crippen LogP contribution in [0.15, 0.2) is 29.1 Å². The zero-order valence-corrected chi connectivity index (χ0v) is 19.9. The summed E-state index contributed by atoms with van der Waals surface area (Å²) < 4.78 is 12.1. The number of H-pyrrole nitrogens is 1. The molecule has 34 heavy (non-hydrogen) atoms. The molecule has 1 atom stereocenters. The van der Waals surface area contributed by atoms with Gasteiger partial charge in [-0.1, -0.05) is 6.92 Å². The monoisotopic (exact) mass is 472 g/mol. The molecule has 3 aromatic rings. The van der Waals surface area contributed by atoms with Gasteiger partial charge in [0.2, 0.25) is 0 Å². The number of aliphatic hydroxyl groups is 1. The summed E-state index contributed by atoms with van der Waals surface area (Å²) in [7, 11) is 0. The second-order valence-corrected chi connectivity index (χ2v) is 7.78. The SMILES string of the molecule is CCOC(=O)Cn1nnnc1[C@@H](CC)N(CCCO)Cc1cc2cc(OCC)ccc2[nH]c1=O. The first-order valence-corrected chi connectivity index (χ1v) is 11.6. The van der Waals surface area contributed by atoms with Crippen LogP contribution in [-0.2, 0) is 22.6 Å². The van der Waals surface area contributed by atoms with Crippen molar-refractivity contribution in [2.45, 2.75) is 52.7 Å². The van der Waals surface area contributed by atoms with E-state index >= 15 is 0 Å². The van der Waals surface area contributed by atoms with E-state index < -0.39 is 5.97 Å². The van der Waals surface area contributed by atoms with Gasteiger partial charge in [-0.15, -0.1) is 5.10 Å². The predicted octanol–water partition coefficient (Wildman–Crippen LogP) is 1.81. The van der Waals surface area contributed by atoms with E-state index in [1.807, 2.05) is 43.0 Å². The minimum absolute atomic E-state index is 0.00644. The number of benzene rings is 1. The van der Waals surface area contributed by atoms with Gasteiger partial charge >= 0.3 is 5.97 Å². The van der Waals surface area contributed by atoms with Crippen LogP contribution in [0.4, 0.5) is 0 Å². The van der Waals surface area contributed by atoms with Gasteiger partial charge in [-0.05, 0) is 61.4 Å². The van der Waals surface area contributed by atoms with Crippen LogP contribution in [0.3, 0.4) is 0 Å². The predicted molar refractivity (Wildman–Crippen MR) is 125 cm³/mol. The number of ether oxygens (including phenoxy) is 2. The Kier molecular flexibility index (Phi) is 9.11. The van der Waals surface area contributed by atoms with Gasteiger partial charge < -0.3 is 19.6 Å². The number of esters is 1. The standard InChI is InChI=1S/C23H32N6O5/c1-4-20(22-25-26-27-29(22)15-21(31)34-6-3)28(10-7-11-30)14-17-12-16-13-18(33-5-2)8-9-19(16)24-23(17)32/h8-9,12-13,20,30H,4-7,10-11,14-15H2,1-3H3,(H,24,32)/t20-/m1/s1. The number of aliphatic hydroxyl groups excluding tert-OH is 1. The first-order valence-electron chi connectivity index (χ1n) is 11.6. The molecule has 184 valence electrons. The molecule has 2 aromatic heterocycles. The number of carbonyl (C=O) groups excluding carboxylic acids is 1. The number of tetrazole rings is 1. The number of nitrogens with zero attached hydrogens (tertiary/aromatic N) is 5. The van der Waals surface area contributed by atoms with Gasteiger partial charge in [0.25, 0.3) is 5.56 Å². The van der Waals surface area contributed by atoms with Crippen LogP contribution in [0.5, 0.6) is 5.75 Å². The third-order valence-corrected chi connectivity index (χ3v) is 5.45. The number of nitrogens with one attached hydrogen (secondary N) is 1. The van der Waals surface area contributed by atoms with Gasteiger partial charge in [-0.25, -0.2) is 4.68 Å². The molecule has 0 bridgehead atoms. The fraction of sp³-hybridized carbons (Fsp3) is 0.522. The Morgan fingerprint density at radius 2 is 2.06 bits per heavy atom. The number of aromatic amines is 1. The Morgan fingerprint density at radius 1 is 1.24 bits per heavy atom. The van der Waals surface area contributed by atoms with Crippen molar-refractivity contribution in [3.8, 4) is 5.75 Å². The molecule has 11 heteroatoms. The molecule has 0 aliphatic carbocycles. The summed E-state index contributed by atoms with van der Waals surface area (Å²) >= 11 is 0. The number of carbonyl (C=O) groups is 1. The Morgan fingerprint density at radius 3 is 2.76 bits per heavy atom. The molecule has 0 unspecified atom stereocenters. The first-order chi connectivity index (χ1) is 16.5. The van der Waals surface area contributed by atoms with Crippen molar-refractivity contribution in [1.82, 2.24) is 30.1 Å². The summed E-state index contributed by atoms with van der Waals surface area (Å²) in [5, 5.41) is 22.2. The average molecular weight is 473 g/mol. The minimum Gasteiger partial charge on any atom is -0.494 e. The van der Waals surface area contributed by atoms with Crippen LogP contribution in [-0.4, -0.2) is 67.5 Å². The lowest BCUT2D eigenvalue weighted by molar-refractivity contribution is -0.144. The molecular formula is C23H32N6O5. The maximum atomic E-state index is 12.9. The molecule has 3 rings (SSSR count). The molecule has 0 radical (unpaired) electrons. The number of hydrogen-bond donors (Lipinski definition) is 2. The molecule has 0 saturated carbocycles. The minimum atomic E-state index is -0.427. The summed E-state index contributed by atoms with van der Waals surface area (Å²) in [6.07, 6.45) is 1.14. The van der Waals surface area contributed by atoms with Crippen molar-refractivity contribution < 1.29 is 19.4 Å². The van der Waals surface area contributed by atoms with Crippen molar-refractivity contribution in [2.75, 3.05) is 26.4 Å². The highest BCUT2D eigenvalue weighted by Crippen LogP contribution is 2.25. The number of rotatable bonds is 13. The number of pyridine rings is 1. The van der Waals surface area contributed by atoms with E-state index in [9.17, 15) is 14.7 Å². The summed E-state index contributed by atoms with van der Waals surface area (Å²) in [5.74, 6) is 0.808. The van der Waals surface area contributed by atoms with Crippen molar-refractivity contribution in [3.05, 3.63) is 46.0 Å². The normalized spacial score (nSPS) is 12.3. The Hall–Kier alpha value is -3.31. The maximum absolute atomic E-state index is 12.9. The summed E-state index contributed by atoms with van der Waals surface area (Å²) in [6.45, 7) is 7.20. The molecule has 2 N–H and O–H groups in total. The molecule has 0 aliphatic rings. The molecule has 11 nitrogen and oxygen atoms in total. The van der Waals surface area contributed by atoms with Crippen molar-refractivity contribution in [2.24, 2.45) is 0 Å². The summed E-state index contributed by atoms with van der Waals surface area (Å²) in [6, 6.07) is 7.13. The zero-order valence-electron chi connectivity index (χ0n) is 19.9. The third kappa shape index (κ3) is 6.17. The molecule has 0 aliphatic heterocycles. The van der Waals surface area contributed by atoms with Crippen LogP contribution in [0.2, 0.25) is 0 Å². The summed E-state index contributed by atoms with van der Waals surface area (Å²) in [4.78, 5) is 29.9. The lowest BCUT2D eigenvalue weighted by Gasteiger charge is -2.30. The van der Waals surface area contributed by atoms with E-state index in [0.717, 1.165) is 16.7 Å². The molecule has 2 heterocycles. The van der Waals surface area contributed by atoms with Gasteiger partial charge in [0.05, 0.1) is 19.3 Å². The highest BCUT2D eigenvalue weighted by molar-refractivity contribution is 5.80.